The number of unbranched alkanes of at least 4 members (excludes halogenated alkanes) is 1. The number of oxazole rings is 1. The van der Waals surface area contributed by atoms with E-state index in [1.54, 1.807) is 25.1 Å². The summed E-state index contributed by atoms with van der Waals surface area (Å²) < 4.78 is 5.24. The molecule has 0 radical (unpaired) electrons. The van der Waals surface area contributed by atoms with Crippen molar-refractivity contribution in [3.8, 4) is 0 Å². The fourth-order valence-electron chi connectivity index (χ4n) is 1.51. The Morgan fingerprint density at radius 3 is 2.83 bits per heavy atom. The second-order valence-electron chi connectivity index (χ2n) is 4.51. The van der Waals surface area contributed by atoms with Gasteiger partial charge in [0.05, 0.1) is 11.2 Å². The summed E-state index contributed by atoms with van der Waals surface area (Å²) in [6, 6.07) is 0. The third kappa shape index (κ3) is 4.34. The largest absolute Gasteiger partial charge is 0.440 e. The van der Waals surface area contributed by atoms with E-state index in [0.717, 1.165) is 30.7 Å². The number of likely N-dealkylation sites (N-methyl/N-ethyl adjacent to an activating group) is 1. The van der Waals surface area contributed by atoms with Crippen molar-refractivity contribution in [3.63, 3.8) is 0 Å². The van der Waals surface area contributed by atoms with E-state index < -0.39 is 5.54 Å². The topological polar surface area (TPSA) is 81.2 Å². The lowest BCUT2D eigenvalue weighted by Gasteiger charge is -2.25. The summed E-state index contributed by atoms with van der Waals surface area (Å²) in [6.07, 6.45) is 4.32. The van der Waals surface area contributed by atoms with Gasteiger partial charge in [0.1, 0.15) is 6.26 Å². The van der Waals surface area contributed by atoms with Crippen molar-refractivity contribution in [1.29, 1.82) is 0 Å². The van der Waals surface area contributed by atoms with E-state index in [0.29, 0.717) is 5.22 Å². The van der Waals surface area contributed by atoms with Crippen LogP contribution >= 0.6 is 11.8 Å². The van der Waals surface area contributed by atoms with Crippen molar-refractivity contribution in [2.24, 2.45) is 5.73 Å². The van der Waals surface area contributed by atoms with Crippen molar-refractivity contribution in [2.75, 3.05) is 12.8 Å². The fourth-order valence-corrected chi connectivity index (χ4v) is 2.36. The summed E-state index contributed by atoms with van der Waals surface area (Å²) in [5.41, 5.74) is 5.65. The van der Waals surface area contributed by atoms with Crippen molar-refractivity contribution >= 4 is 17.7 Å². The SMILES string of the molecule is CNC(C)(CCCCSc1nc(C)co1)C(N)=O. The van der Waals surface area contributed by atoms with E-state index >= 15 is 0 Å². The molecule has 0 fully saturated rings. The van der Waals surface area contributed by atoms with Gasteiger partial charge in [0, 0.05) is 5.75 Å². The highest BCUT2D eigenvalue weighted by molar-refractivity contribution is 7.99. The Bertz CT molecular complexity index is 394. The number of aryl methyl sites for hydroxylation is 1. The number of aromatic nitrogens is 1. The molecular weight excluding hydrogens is 250 g/mol. The lowest BCUT2D eigenvalue weighted by Crippen LogP contribution is -2.51. The maximum Gasteiger partial charge on any atom is 0.255 e. The molecule has 0 saturated heterocycles. The molecule has 1 atom stereocenters. The van der Waals surface area contributed by atoms with Crippen molar-refractivity contribution in [2.45, 2.75) is 43.9 Å². The molecule has 5 nitrogen and oxygen atoms in total. The van der Waals surface area contributed by atoms with Crippen LogP contribution in [0.1, 0.15) is 31.9 Å². The summed E-state index contributed by atoms with van der Waals surface area (Å²) in [5, 5.41) is 3.68. The maximum absolute atomic E-state index is 11.3. The third-order valence-corrected chi connectivity index (χ3v) is 3.92. The molecule has 1 aromatic heterocycles. The van der Waals surface area contributed by atoms with Gasteiger partial charge in [0.15, 0.2) is 0 Å². The molecule has 1 rings (SSSR count). The molecule has 0 spiro atoms. The highest BCUT2D eigenvalue weighted by Crippen LogP contribution is 2.20. The Hall–Kier alpha value is -1.01. The molecule has 1 unspecified atom stereocenters. The molecule has 3 N–H and O–H groups in total. The Morgan fingerprint density at radius 2 is 2.33 bits per heavy atom. The predicted molar refractivity (Wildman–Crippen MR) is 72.5 cm³/mol. The molecule has 1 heterocycles. The van der Waals surface area contributed by atoms with Gasteiger partial charge in [-0.3, -0.25) is 4.79 Å². The summed E-state index contributed by atoms with van der Waals surface area (Å²) in [4.78, 5) is 15.5. The van der Waals surface area contributed by atoms with E-state index in [-0.39, 0.29) is 5.91 Å². The average Bonchev–Trinajstić information content (AvgIpc) is 2.74. The molecule has 1 aromatic rings. The first-order valence-electron chi connectivity index (χ1n) is 6.01. The molecule has 0 bridgehead atoms. The minimum Gasteiger partial charge on any atom is -0.440 e. The van der Waals surface area contributed by atoms with Gasteiger partial charge in [0.2, 0.25) is 5.91 Å². The Balaban J connectivity index is 2.20. The molecule has 102 valence electrons. The number of primary amides is 1. The van der Waals surface area contributed by atoms with Crippen LogP contribution in [-0.4, -0.2) is 29.2 Å². The predicted octanol–water partition coefficient (Wildman–Crippen LogP) is 1.71. The van der Waals surface area contributed by atoms with E-state index in [1.165, 1.54) is 0 Å². The Labute approximate surface area is 112 Å². The van der Waals surface area contributed by atoms with Gasteiger partial charge >= 0.3 is 0 Å². The van der Waals surface area contributed by atoms with Gasteiger partial charge < -0.3 is 15.5 Å². The third-order valence-electron chi connectivity index (χ3n) is 2.99. The zero-order valence-corrected chi connectivity index (χ0v) is 12.0. The minimum atomic E-state index is -0.607. The molecular formula is C12H21N3O2S. The highest BCUT2D eigenvalue weighted by Gasteiger charge is 2.27. The van der Waals surface area contributed by atoms with Crippen LogP contribution in [0.5, 0.6) is 0 Å². The number of carbonyl (C=O) groups excluding carboxylic acids is 1. The molecule has 18 heavy (non-hydrogen) atoms. The van der Waals surface area contributed by atoms with Gasteiger partial charge in [-0.1, -0.05) is 18.2 Å². The van der Waals surface area contributed by atoms with Gasteiger partial charge in [-0.05, 0) is 33.7 Å². The summed E-state index contributed by atoms with van der Waals surface area (Å²) in [7, 11) is 1.76. The average molecular weight is 271 g/mol. The van der Waals surface area contributed by atoms with Crippen LogP contribution in [0.3, 0.4) is 0 Å². The van der Waals surface area contributed by atoms with Crippen LogP contribution in [0.4, 0.5) is 0 Å². The van der Waals surface area contributed by atoms with Gasteiger partial charge in [-0.15, -0.1) is 0 Å². The van der Waals surface area contributed by atoms with Crippen LogP contribution in [-0.2, 0) is 4.79 Å². The lowest BCUT2D eigenvalue weighted by molar-refractivity contribution is -0.123. The summed E-state index contributed by atoms with van der Waals surface area (Å²) >= 11 is 1.59. The second kappa shape index (κ2) is 6.80. The number of amides is 1. The first-order chi connectivity index (χ1) is 8.48. The number of nitrogens with two attached hydrogens (primary N) is 1. The van der Waals surface area contributed by atoms with Gasteiger partial charge in [0.25, 0.3) is 5.22 Å². The van der Waals surface area contributed by atoms with Crippen LogP contribution in [0.25, 0.3) is 0 Å². The second-order valence-corrected chi connectivity index (χ2v) is 5.55. The minimum absolute atomic E-state index is 0.305. The first-order valence-corrected chi connectivity index (χ1v) is 7.00. The van der Waals surface area contributed by atoms with Crippen molar-refractivity contribution in [1.82, 2.24) is 10.3 Å². The van der Waals surface area contributed by atoms with Crippen LogP contribution < -0.4 is 11.1 Å². The number of carbonyl (C=O) groups is 1. The number of nitrogens with one attached hydrogen (secondary N) is 1. The van der Waals surface area contributed by atoms with Crippen molar-refractivity contribution < 1.29 is 9.21 Å². The molecule has 6 heteroatoms. The standard InChI is InChI=1S/C12H21N3O2S/c1-9-8-17-11(15-9)18-7-5-4-6-12(2,14-3)10(13)16/h8,14H,4-7H2,1-3H3,(H2,13,16). The summed E-state index contributed by atoms with van der Waals surface area (Å²) in [5.74, 6) is 0.624. The molecule has 0 saturated carbocycles. The highest BCUT2D eigenvalue weighted by atomic mass is 32.2. The maximum atomic E-state index is 11.3. The quantitative estimate of drug-likeness (QED) is 0.555. The first kappa shape index (κ1) is 15.0. The summed E-state index contributed by atoms with van der Waals surface area (Å²) in [6.45, 7) is 3.73. The number of hydrogen-bond donors (Lipinski definition) is 2. The molecule has 0 aliphatic carbocycles. The van der Waals surface area contributed by atoms with E-state index in [1.807, 2.05) is 13.8 Å². The zero-order chi connectivity index (χ0) is 13.6. The van der Waals surface area contributed by atoms with Gasteiger partial charge in [-0.2, -0.15) is 0 Å². The van der Waals surface area contributed by atoms with Gasteiger partial charge in [-0.25, -0.2) is 4.98 Å². The number of hydrogen-bond acceptors (Lipinski definition) is 5. The Morgan fingerprint density at radius 1 is 1.61 bits per heavy atom. The lowest BCUT2D eigenvalue weighted by atomic mass is 9.94. The van der Waals surface area contributed by atoms with Crippen LogP contribution in [0, 0.1) is 6.92 Å². The zero-order valence-electron chi connectivity index (χ0n) is 11.2. The van der Waals surface area contributed by atoms with Crippen molar-refractivity contribution in [3.05, 3.63) is 12.0 Å². The Kier molecular flexibility index (Phi) is 5.68. The molecule has 0 aliphatic heterocycles. The number of thioether (sulfide) groups is 1. The smallest absolute Gasteiger partial charge is 0.255 e. The fraction of sp³-hybridized carbons (Fsp3) is 0.667. The van der Waals surface area contributed by atoms with E-state index in [4.69, 9.17) is 10.2 Å². The molecule has 0 aromatic carbocycles. The van der Waals surface area contributed by atoms with E-state index in [9.17, 15) is 4.79 Å². The number of rotatable bonds is 8. The molecule has 1 amide bonds. The normalized spacial score (nSPS) is 14.4. The monoisotopic (exact) mass is 271 g/mol. The number of nitrogens with zero attached hydrogens (tertiary/aromatic N) is 1. The molecule has 0 aliphatic rings. The van der Waals surface area contributed by atoms with E-state index in [2.05, 4.69) is 10.3 Å². The van der Waals surface area contributed by atoms with Crippen LogP contribution in [0.2, 0.25) is 0 Å². The van der Waals surface area contributed by atoms with Crippen LogP contribution in [0.15, 0.2) is 15.9 Å².